The van der Waals surface area contributed by atoms with E-state index in [-0.39, 0.29) is 5.54 Å². The smallest absolute Gasteiger partial charge is 0.0487 e. The molecule has 1 aliphatic rings. The van der Waals surface area contributed by atoms with Crippen LogP contribution >= 0.6 is 0 Å². The molecule has 2 heteroatoms. The van der Waals surface area contributed by atoms with Crippen LogP contribution in [0.15, 0.2) is 30.5 Å². The summed E-state index contributed by atoms with van der Waals surface area (Å²) in [6.45, 7) is 0. The lowest BCUT2D eigenvalue weighted by molar-refractivity contribution is 0.674. The normalized spacial score (nSPS) is 18.6. The van der Waals surface area contributed by atoms with Gasteiger partial charge in [0.25, 0.3) is 0 Å². The molecule has 1 saturated carbocycles. The summed E-state index contributed by atoms with van der Waals surface area (Å²) < 4.78 is 0. The highest BCUT2D eigenvalue weighted by atomic mass is 14.8. The molecule has 72 valence electrons. The molecule has 0 bridgehead atoms. The van der Waals surface area contributed by atoms with Crippen LogP contribution in [-0.2, 0) is 6.42 Å². The Morgan fingerprint density at radius 2 is 2.14 bits per heavy atom. The van der Waals surface area contributed by atoms with E-state index in [2.05, 4.69) is 29.2 Å². The number of nitrogens with two attached hydrogens (primary N) is 1. The van der Waals surface area contributed by atoms with Crippen LogP contribution in [0.5, 0.6) is 0 Å². The Bertz CT molecular complexity index is 466. The van der Waals surface area contributed by atoms with Crippen LogP contribution in [0.3, 0.4) is 0 Å². The zero-order valence-corrected chi connectivity index (χ0v) is 8.09. The minimum Gasteiger partial charge on any atom is -0.361 e. The van der Waals surface area contributed by atoms with Gasteiger partial charge in [0.05, 0.1) is 0 Å². The summed E-state index contributed by atoms with van der Waals surface area (Å²) >= 11 is 0. The number of rotatable bonds is 2. The minimum absolute atomic E-state index is 0.0966. The monoisotopic (exact) mass is 186 g/mol. The molecule has 1 fully saturated rings. The molecule has 14 heavy (non-hydrogen) atoms. The van der Waals surface area contributed by atoms with Gasteiger partial charge in [0.15, 0.2) is 0 Å². The van der Waals surface area contributed by atoms with Crippen molar-refractivity contribution in [2.75, 3.05) is 0 Å². The van der Waals surface area contributed by atoms with Gasteiger partial charge in [-0.15, -0.1) is 0 Å². The number of fused-ring (bicyclic) bond motifs is 1. The number of aromatic nitrogens is 1. The van der Waals surface area contributed by atoms with Gasteiger partial charge in [0.2, 0.25) is 0 Å². The first-order valence-corrected chi connectivity index (χ1v) is 5.11. The van der Waals surface area contributed by atoms with Crippen LogP contribution in [-0.4, -0.2) is 10.5 Å². The molecule has 0 unspecified atom stereocenters. The Morgan fingerprint density at radius 3 is 2.93 bits per heavy atom. The molecule has 1 aromatic heterocycles. The van der Waals surface area contributed by atoms with E-state index in [9.17, 15) is 0 Å². The van der Waals surface area contributed by atoms with E-state index in [1.54, 1.807) is 0 Å². The van der Waals surface area contributed by atoms with Crippen molar-refractivity contribution in [1.29, 1.82) is 0 Å². The van der Waals surface area contributed by atoms with Gasteiger partial charge in [-0.3, -0.25) is 0 Å². The minimum atomic E-state index is 0.0966. The maximum absolute atomic E-state index is 6.12. The zero-order chi connectivity index (χ0) is 9.60. The van der Waals surface area contributed by atoms with Crippen molar-refractivity contribution in [3.05, 3.63) is 36.0 Å². The largest absolute Gasteiger partial charge is 0.361 e. The summed E-state index contributed by atoms with van der Waals surface area (Å²) in [5.41, 5.74) is 8.83. The number of benzene rings is 1. The first-order valence-electron chi connectivity index (χ1n) is 5.11. The molecule has 0 spiro atoms. The van der Waals surface area contributed by atoms with Gasteiger partial charge in [-0.1, -0.05) is 18.2 Å². The molecule has 0 atom stereocenters. The molecule has 1 aliphatic carbocycles. The highest BCUT2D eigenvalue weighted by Crippen LogP contribution is 2.36. The Morgan fingerprint density at radius 1 is 1.29 bits per heavy atom. The van der Waals surface area contributed by atoms with Gasteiger partial charge in [-0.25, -0.2) is 0 Å². The van der Waals surface area contributed by atoms with E-state index < -0.39 is 0 Å². The fraction of sp³-hybridized carbons (Fsp3) is 0.333. The lowest BCUT2D eigenvalue weighted by atomic mass is 10.0. The van der Waals surface area contributed by atoms with E-state index in [4.69, 9.17) is 5.73 Å². The van der Waals surface area contributed by atoms with E-state index >= 15 is 0 Å². The van der Waals surface area contributed by atoms with Crippen LogP contribution in [0.25, 0.3) is 10.9 Å². The SMILES string of the molecule is NC1(Cc2cccc3cc[nH]c23)CC1. The Labute approximate surface area is 83.1 Å². The molecule has 0 radical (unpaired) electrons. The number of hydrogen-bond acceptors (Lipinski definition) is 1. The first kappa shape index (κ1) is 8.06. The van der Waals surface area contributed by atoms with Crippen molar-refractivity contribution in [3.8, 4) is 0 Å². The Kier molecular flexibility index (Phi) is 1.50. The standard InChI is InChI=1S/C12H14N2/c13-12(5-6-12)8-10-3-1-2-9-4-7-14-11(9)10/h1-4,7,14H,5-6,8,13H2. The molecule has 2 aromatic rings. The third kappa shape index (κ3) is 1.23. The highest BCUT2D eigenvalue weighted by molar-refractivity contribution is 5.82. The Hall–Kier alpha value is -1.28. The van der Waals surface area contributed by atoms with Gasteiger partial charge in [-0.2, -0.15) is 0 Å². The molecule has 0 saturated heterocycles. The zero-order valence-electron chi connectivity index (χ0n) is 8.09. The topological polar surface area (TPSA) is 41.8 Å². The summed E-state index contributed by atoms with van der Waals surface area (Å²) in [5, 5.41) is 1.28. The molecule has 1 heterocycles. The molecule has 1 aromatic carbocycles. The van der Waals surface area contributed by atoms with Crippen molar-refractivity contribution in [3.63, 3.8) is 0 Å². The van der Waals surface area contributed by atoms with E-state index in [0.29, 0.717) is 0 Å². The fourth-order valence-electron chi connectivity index (χ4n) is 2.01. The van der Waals surface area contributed by atoms with Gasteiger partial charge in [0.1, 0.15) is 0 Å². The second kappa shape index (κ2) is 2.61. The van der Waals surface area contributed by atoms with Crippen molar-refractivity contribution >= 4 is 10.9 Å². The van der Waals surface area contributed by atoms with Gasteiger partial charge in [-0.05, 0) is 36.3 Å². The molecule has 0 aliphatic heterocycles. The molecule has 0 amide bonds. The predicted molar refractivity (Wildman–Crippen MR) is 58.2 cm³/mol. The second-order valence-electron chi connectivity index (χ2n) is 4.40. The summed E-state index contributed by atoms with van der Waals surface area (Å²) in [6.07, 6.45) is 5.34. The maximum atomic E-state index is 6.12. The predicted octanol–water partition coefficient (Wildman–Crippen LogP) is 2.20. The van der Waals surface area contributed by atoms with Gasteiger partial charge in [0, 0.05) is 17.3 Å². The summed E-state index contributed by atoms with van der Waals surface area (Å²) in [5.74, 6) is 0. The van der Waals surface area contributed by atoms with Crippen molar-refractivity contribution in [2.24, 2.45) is 5.73 Å². The second-order valence-corrected chi connectivity index (χ2v) is 4.40. The number of H-pyrrole nitrogens is 1. The van der Waals surface area contributed by atoms with Crippen LogP contribution < -0.4 is 5.73 Å². The van der Waals surface area contributed by atoms with Gasteiger partial charge >= 0.3 is 0 Å². The van der Waals surface area contributed by atoms with E-state index in [1.165, 1.54) is 29.3 Å². The first-order chi connectivity index (χ1) is 6.77. The van der Waals surface area contributed by atoms with Crippen LogP contribution in [0.1, 0.15) is 18.4 Å². The molecular weight excluding hydrogens is 172 g/mol. The van der Waals surface area contributed by atoms with E-state index in [1.807, 2.05) is 6.20 Å². The van der Waals surface area contributed by atoms with Crippen LogP contribution in [0, 0.1) is 0 Å². The number of aromatic amines is 1. The molecule has 3 rings (SSSR count). The average Bonchev–Trinajstić information content (AvgIpc) is 2.73. The van der Waals surface area contributed by atoms with Crippen molar-refractivity contribution < 1.29 is 0 Å². The average molecular weight is 186 g/mol. The third-order valence-electron chi connectivity index (χ3n) is 3.11. The van der Waals surface area contributed by atoms with Crippen molar-refractivity contribution in [2.45, 2.75) is 24.8 Å². The van der Waals surface area contributed by atoms with Crippen LogP contribution in [0.4, 0.5) is 0 Å². The maximum Gasteiger partial charge on any atom is 0.0487 e. The molecular formula is C12H14N2. The van der Waals surface area contributed by atoms with E-state index in [0.717, 1.165) is 6.42 Å². The Balaban J connectivity index is 2.06. The quantitative estimate of drug-likeness (QED) is 0.741. The lowest BCUT2D eigenvalue weighted by Gasteiger charge is -2.09. The lowest BCUT2D eigenvalue weighted by Crippen LogP contribution is -2.24. The number of para-hydroxylation sites is 1. The van der Waals surface area contributed by atoms with Gasteiger partial charge < -0.3 is 10.7 Å². The highest BCUT2D eigenvalue weighted by Gasteiger charge is 2.38. The summed E-state index contributed by atoms with van der Waals surface area (Å²) in [4.78, 5) is 3.28. The molecule has 3 N–H and O–H groups in total. The van der Waals surface area contributed by atoms with Crippen molar-refractivity contribution in [1.82, 2.24) is 4.98 Å². The summed E-state index contributed by atoms with van der Waals surface area (Å²) in [7, 11) is 0. The fourth-order valence-corrected chi connectivity index (χ4v) is 2.01. The summed E-state index contributed by atoms with van der Waals surface area (Å²) in [6, 6.07) is 8.52. The third-order valence-corrected chi connectivity index (χ3v) is 3.11. The number of nitrogens with one attached hydrogen (secondary N) is 1. The number of hydrogen-bond donors (Lipinski definition) is 2. The van der Waals surface area contributed by atoms with Crippen LogP contribution in [0.2, 0.25) is 0 Å². The molecule has 2 nitrogen and oxygen atoms in total.